The summed E-state index contributed by atoms with van der Waals surface area (Å²) >= 11 is 0. The van der Waals surface area contributed by atoms with E-state index in [0.29, 0.717) is 17.1 Å². The second-order valence-electron chi connectivity index (χ2n) is 3.17. The summed E-state index contributed by atoms with van der Waals surface area (Å²) in [7, 11) is 0. The van der Waals surface area contributed by atoms with E-state index in [2.05, 4.69) is 9.97 Å². The molecule has 0 saturated heterocycles. The third-order valence-electron chi connectivity index (χ3n) is 2.09. The average molecular weight is 213 g/mol. The van der Waals surface area contributed by atoms with Gasteiger partial charge in [-0.05, 0) is 18.2 Å². The molecule has 0 radical (unpaired) electrons. The molecule has 0 saturated carbocycles. The zero-order valence-corrected chi connectivity index (χ0v) is 8.39. The molecule has 1 aromatic carbocycles. The Kier molecular flexibility index (Phi) is 2.88. The molecule has 0 unspecified atom stereocenters. The standard InChI is InChI=1S/C12H8FN3/c13-10-4-2-1-3-9(10)11-6-8-15-12(16-11)5-7-14/h1-4,6,8H,5H2. The van der Waals surface area contributed by atoms with Crippen molar-refractivity contribution >= 4 is 0 Å². The van der Waals surface area contributed by atoms with Crippen molar-refractivity contribution in [2.24, 2.45) is 0 Å². The lowest BCUT2D eigenvalue weighted by Gasteiger charge is -2.02. The van der Waals surface area contributed by atoms with E-state index in [0.717, 1.165) is 0 Å². The Morgan fingerprint density at radius 1 is 1.25 bits per heavy atom. The summed E-state index contributed by atoms with van der Waals surface area (Å²) in [5.74, 6) is 0.0763. The molecule has 2 rings (SSSR count). The highest BCUT2D eigenvalue weighted by atomic mass is 19.1. The zero-order valence-electron chi connectivity index (χ0n) is 8.39. The monoisotopic (exact) mass is 213 g/mol. The van der Waals surface area contributed by atoms with Crippen molar-refractivity contribution in [3.63, 3.8) is 0 Å². The molecule has 2 aromatic rings. The average Bonchev–Trinajstić information content (AvgIpc) is 2.30. The Morgan fingerprint density at radius 3 is 2.81 bits per heavy atom. The Labute approximate surface area is 92.2 Å². The molecule has 0 aliphatic rings. The van der Waals surface area contributed by atoms with Crippen LogP contribution in [-0.2, 0) is 6.42 Å². The Balaban J connectivity index is 2.45. The lowest BCUT2D eigenvalue weighted by Crippen LogP contribution is -1.95. The third kappa shape index (κ3) is 2.04. The van der Waals surface area contributed by atoms with Crippen molar-refractivity contribution < 1.29 is 4.39 Å². The predicted molar refractivity (Wildman–Crippen MR) is 56.7 cm³/mol. The van der Waals surface area contributed by atoms with Crippen LogP contribution in [0.1, 0.15) is 5.82 Å². The van der Waals surface area contributed by atoms with Crippen LogP contribution in [-0.4, -0.2) is 9.97 Å². The van der Waals surface area contributed by atoms with Crippen LogP contribution in [0.15, 0.2) is 36.5 Å². The fourth-order valence-electron chi connectivity index (χ4n) is 1.37. The molecule has 0 bridgehead atoms. The normalized spacial score (nSPS) is 9.75. The van der Waals surface area contributed by atoms with Crippen molar-refractivity contribution in [1.82, 2.24) is 9.97 Å². The quantitative estimate of drug-likeness (QED) is 0.769. The van der Waals surface area contributed by atoms with E-state index in [9.17, 15) is 4.39 Å². The van der Waals surface area contributed by atoms with Gasteiger partial charge in [-0.1, -0.05) is 12.1 Å². The maximum atomic E-state index is 13.5. The molecule has 0 atom stereocenters. The third-order valence-corrected chi connectivity index (χ3v) is 2.09. The molecule has 4 heteroatoms. The molecule has 1 aromatic heterocycles. The minimum Gasteiger partial charge on any atom is -0.240 e. The van der Waals surface area contributed by atoms with Crippen LogP contribution >= 0.6 is 0 Å². The highest BCUT2D eigenvalue weighted by Gasteiger charge is 2.06. The van der Waals surface area contributed by atoms with Gasteiger partial charge in [0.05, 0.1) is 18.2 Å². The van der Waals surface area contributed by atoms with E-state index in [4.69, 9.17) is 5.26 Å². The molecule has 0 amide bonds. The molecule has 0 fully saturated rings. The molecule has 0 aliphatic carbocycles. The first kappa shape index (κ1) is 10.2. The van der Waals surface area contributed by atoms with Gasteiger partial charge in [-0.15, -0.1) is 0 Å². The van der Waals surface area contributed by atoms with E-state index in [1.54, 1.807) is 24.3 Å². The lowest BCUT2D eigenvalue weighted by atomic mass is 10.1. The molecular formula is C12H8FN3. The summed E-state index contributed by atoms with van der Waals surface area (Å²) in [6.07, 6.45) is 1.66. The second kappa shape index (κ2) is 4.49. The molecular weight excluding hydrogens is 205 g/mol. The maximum Gasteiger partial charge on any atom is 0.142 e. The van der Waals surface area contributed by atoms with Crippen LogP contribution in [0.2, 0.25) is 0 Å². The first-order valence-corrected chi connectivity index (χ1v) is 4.75. The van der Waals surface area contributed by atoms with Crippen molar-refractivity contribution in [3.8, 4) is 17.3 Å². The summed E-state index contributed by atoms with van der Waals surface area (Å²) in [5, 5.41) is 8.53. The number of rotatable bonds is 2. The van der Waals surface area contributed by atoms with E-state index in [-0.39, 0.29) is 12.2 Å². The zero-order chi connectivity index (χ0) is 11.4. The fourth-order valence-corrected chi connectivity index (χ4v) is 1.37. The fraction of sp³-hybridized carbons (Fsp3) is 0.0833. The van der Waals surface area contributed by atoms with Gasteiger partial charge in [-0.3, -0.25) is 0 Å². The summed E-state index contributed by atoms with van der Waals surface area (Å²) in [4.78, 5) is 8.05. The minimum absolute atomic E-state index is 0.127. The largest absolute Gasteiger partial charge is 0.240 e. The van der Waals surface area contributed by atoms with Crippen molar-refractivity contribution in [2.75, 3.05) is 0 Å². The number of aromatic nitrogens is 2. The summed E-state index contributed by atoms with van der Waals surface area (Å²) in [6, 6.07) is 9.97. The van der Waals surface area contributed by atoms with E-state index < -0.39 is 0 Å². The van der Waals surface area contributed by atoms with E-state index in [1.807, 2.05) is 6.07 Å². The van der Waals surface area contributed by atoms with Crippen LogP contribution in [0.4, 0.5) is 4.39 Å². The first-order chi connectivity index (χ1) is 7.81. The topological polar surface area (TPSA) is 49.6 Å². The number of hydrogen-bond acceptors (Lipinski definition) is 3. The van der Waals surface area contributed by atoms with Crippen molar-refractivity contribution in [3.05, 3.63) is 48.2 Å². The van der Waals surface area contributed by atoms with Crippen LogP contribution < -0.4 is 0 Å². The minimum atomic E-state index is -0.330. The molecule has 3 nitrogen and oxygen atoms in total. The van der Waals surface area contributed by atoms with Crippen LogP contribution in [0.5, 0.6) is 0 Å². The van der Waals surface area contributed by atoms with Crippen molar-refractivity contribution in [1.29, 1.82) is 5.26 Å². The molecule has 16 heavy (non-hydrogen) atoms. The smallest absolute Gasteiger partial charge is 0.142 e. The van der Waals surface area contributed by atoms with E-state index in [1.165, 1.54) is 12.3 Å². The maximum absolute atomic E-state index is 13.5. The second-order valence-corrected chi connectivity index (χ2v) is 3.17. The highest BCUT2D eigenvalue weighted by molar-refractivity contribution is 5.59. The molecule has 1 heterocycles. The summed E-state index contributed by atoms with van der Waals surface area (Å²) < 4.78 is 13.5. The molecule has 0 N–H and O–H groups in total. The van der Waals surface area contributed by atoms with Gasteiger partial charge in [0.1, 0.15) is 11.6 Å². The van der Waals surface area contributed by atoms with Gasteiger partial charge in [0, 0.05) is 11.8 Å². The van der Waals surface area contributed by atoms with Gasteiger partial charge >= 0.3 is 0 Å². The Bertz CT molecular complexity index is 546. The number of hydrogen-bond donors (Lipinski definition) is 0. The van der Waals surface area contributed by atoms with E-state index >= 15 is 0 Å². The molecule has 0 spiro atoms. The van der Waals surface area contributed by atoms with Gasteiger partial charge in [-0.25, -0.2) is 14.4 Å². The predicted octanol–water partition coefficient (Wildman–Crippen LogP) is 2.35. The Morgan fingerprint density at radius 2 is 2.06 bits per heavy atom. The first-order valence-electron chi connectivity index (χ1n) is 4.75. The molecule has 78 valence electrons. The summed E-state index contributed by atoms with van der Waals surface area (Å²) in [6.45, 7) is 0. The van der Waals surface area contributed by atoms with Crippen LogP contribution in [0.25, 0.3) is 11.3 Å². The van der Waals surface area contributed by atoms with Gasteiger partial charge < -0.3 is 0 Å². The lowest BCUT2D eigenvalue weighted by molar-refractivity contribution is 0.630. The van der Waals surface area contributed by atoms with Gasteiger partial charge in [0.25, 0.3) is 0 Å². The van der Waals surface area contributed by atoms with Gasteiger partial charge in [-0.2, -0.15) is 5.26 Å². The molecule has 0 aliphatic heterocycles. The summed E-state index contributed by atoms with van der Waals surface area (Å²) in [5.41, 5.74) is 0.919. The van der Waals surface area contributed by atoms with Crippen LogP contribution in [0.3, 0.4) is 0 Å². The van der Waals surface area contributed by atoms with Gasteiger partial charge in [0.15, 0.2) is 0 Å². The van der Waals surface area contributed by atoms with Gasteiger partial charge in [0.2, 0.25) is 0 Å². The Hall–Kier alpha value is -2.28. The number of nitrogens with zero attached hydrogens (tertiary/aromatic N) is 3. The SMILES string of the molecule is N#CCc1nccc(-c2ccccc2F)n1. The van der Waals surface area contributed by atoms with Crippen LogP contribution in [0, 0.1) is 17.1 Å². The number of benzene rings is 1. The number of nitriles is 1. The highest BCUT2D eigenvalue weighted by Crippen LogP contribution is 2.19. The van der Waals surface area contributed by atoms with Crippen molar-refractivity contribution in [2.45, 2.75) is 6.42 Å². The number of halogens is 1.